The van der Waals surface area contributed by atoms with Crippen LogP contribution in [0.15, 0.2) is 42.6 Å². The van der Waals surface area contributed by atoms with E-state index in [1.165, 1.54) is 17.8 Å². The van der Waals surface area contributed by atoms with E-state index in [1.807, 2.05) is 39.1 Å². The van der Waals surface area contributed by atoms with Gasteiger partial charge in [-0.05, 0) is 24.6 Å². The molecule has 1 heterocycles. The molecule has 2 aromatic rings. The SMILES string of the molecule is CC(C)C(CN(C)Cc1ccccc1)NC(=O)c1ccnn1CC(F)F. The standard InChI is InChI=1S/C19H26F2N4O/c1-14(2)16(12-24(3)11-15-7-5-4-6-8-15)23-19(26)17-9-10-22-25(17)13-18(20)21/h4-10,14,16,18H,11-13H2,1-3H3,(H,23,26). The zero-order chi connectivity index (χ0) is 19.1. The monoisotopic (exact) mass is 364 g/mol. The van der Waals surface area contributed by atoms with Gasteiger partial charge in [0.2, 0.25) is 0 Å². The summed E-state index contributed by atoms with van der Waals surface area (Å²) in [7, 11) is 2.00. The van der Waals surface area contributed by atoms with Crippen molar-refractivity contribution in [2.75, 3.05) is 13.6 Å². The number of rotatable bonds is 9. The molecule has 0 bridgehead atoms. The molecule has 0 saturated carbocycles. The predicted octanol–water partition coefficient (Wildman–Crippen LogP) is 3.03. The maximum atomic E-state index is 12.6. The molecule has 1 N–H and O–H groups in total. The third kappa shape index (κ3) is 5.91. The van der Waals surface area contributed by atoms with Gasteiger partial charge in [0.15, 0.2) is 0 Å². The number of nitrogens with one attached hydrogen (secondary N) is 1. The zero-order valence-electron chi connectivity index (χ0n) is 15.4. The first kappa shape index (κ1) is 20.0. The Balaban J connectivity index is 1.99. The van der Waals surface area contributed by atoms with Crippen molar-refractivity contribution in [1.29, 1.82) is 0 Å². The number of carbonyl (C=O) groups is 1. The zero-order valence-corrected chi connectivity index (χ0v) is 15.4. The fourth-order valence-corrected chi connectivity index (χ4v) is 2.76. The second-order valence-electron chi connectivity index (χ2n) is 6.80. The Morgan fingerprint density at radius 2 is 1.92 bits per heavy atom. The van der Waals surface area contributed by atoms with Crippen LogP contribution in [0.2, 0.25) is 0 Å². The molecular weight excluding hydrogens is 338 g/mol. The molecule has 7 heteroatoms. The maximum Gasteiger partial charge on any atom is 0.269 e. The van der Waals surface area contributed by atoms with Crippen LogP contribution < -0.4 is 5.32 Å². The highest BCUT2D eigenvalue weighted by Crippen LogP contribution is 2.10. The summed E-state index contributed by atoms with van der Waals surface area (Å²) in [4.78, 5) is 14.7. The van der Waals surface area contributed by atoms with Crippen molar-refractivity contribution in [1.82, 2.24) is 20.0 Å². The van der Waals surface area contributed by atoms with Crippen molar-refractivity contribution in [3.05, 3.63) is 53.9 Å². The van der Waals surface area contributed by atoms with Crippen LogP contribution in [0, 0.1) is 5.92 Å². The molecule has 142 valence electrons. The number of carbonyl (C=O) groups excluding carboxylic acids is 1. The van der Waals surface area contributed by atoms with E-state index in [1.54, 1.807) is 0 Å². The summed E-state index contributed by atoms with van der Waals surface area (Å²) < 4.78 is 26.3. The summed E-state index contributed by atoms with van der Waals surface area (Å²) in [6.07, 6.45) is -1.19. The smallest absolute Gasteiger partial charge is 0.269 e. The van der Waals surface area contributed by atoms with Gasteiger partial charge < -0.3 is 10.2 Å². The summed E-state index contributed by atoms with van der Waals surface area (Å²) in [5, 5.41) is 6.77. The van der Waals surface area contributed by atoms with Crippen molar-refractivity contribution in [3.8, 4) is 0 Å². The molecule has 0 spiro atoms. The molecule has 1 amide bonds. The van der Waals surface area contributed by atoms with Gasteiger partial charge in [0.1, 0.15) is 12.2 Å². The molecule has 1 atom stereocenters. The summed E-state index contributed by atoms with van der Waals surface area (Å²) in [6.45, 7) is 4.88. The van der Waals surface area contributed by atoms with Crippen molar-refractivity contribution < 1.29 is 13.6 Å². The minimum Gasteiger partial charge on any atom is -0.346 e. The maximum absolute atomic E-state index is 12.6. The molecule has 0 fully saturated rings. The van der Waals surface area contributed by atoms with E-state index < -0.39 is 13.0 Å². The third-order valence-electron chi connectivity index (χ3n) is 4.19. The predicted molar refractivity (Wildman–Crippen MR) is 97.1 cm³/mol. The van der Waals surface area contributed by atoms with Gasteiger partial charge in [-0.2, -0.15) is 5.10 Å². The number of likely N-dealkylation sites (N-methyl/N-ethyl adjacent to an activating group) is 1. The summed E-state index contributed by atoms with van der Waals surface area (Å²) >= 11 is 0. The van der Waals surface area contributed by atoms with Crippen molar-refractivity contribution >= 4 is 5.91 Å². The van der Waals surface area contributed by atoms with E-state index in [9.17, 15) is 13.6 Å². The average Bonchev–Trinajstić information content (AvgIpc) is 3.02. The molecule has 1 aromatic carbocycles. The van der Waals surface area contributed by atoms with E-state index >= 15 is 0 Å². The molecule has 0 aliphatic carbocycles. The van der Waals surface area contributed by atoms with Crippen molar-refractivity contribution in [2.24, 2.45) is 5.92 Å². The number of alkyl halides is 2. The van der Waals surface area contributed by atoms with Gasteiger partial charge in [0.25, 0.3) is 12.3 Å². The van der Waals surface area contributed by atoms with Crippen LogP contribution in [0.25, 0.3) is 0 Å². The van der Waals surface area contributed by atoms with Crippen LogP contribution in [-0.4, -0.2) is 46.6 Å². The van der Waals surface area contributed by atoms with Gasteiger partial charge in [0.05, 0.1) is 0 Å². The van der Waals surface area contributed by atoms with Gasteiger partial charge in [-0.25, -0.2) is 8.78 Å². The van der Waals surface area contributed by atoms with Crippen LogP contribution in [0.1, 0.15) is 29.9 Å². The first-order valence-electron chi connectivity index (χ1n) is 8.70. The molecule has 0 radical (unpaired) electrons. The van der Waals surface area contributed by atoms with Crippen LogP contribution in [0.4, 0.5) is 8.78 Å². The quantitative estimate of drug-likeness (QED) is 0.744. The third-order valence-corrected chi connectivity index (χ3v) is 4.19. The van der Waals surface area contributed by atoms with Crippen molar-refractivity contribution in [2.45, 2.75) is 39.4 Å². The highest BCUT2D eigenvalue weighted by molar-refractivity contribution is 5.92. The van der Waals surface area contributed by atoms with Crippen LogP contribution >= 0.6 is 0 Å². The number of amides is 1. The second-order valence-corrected chi connectivity index (χ2v) is 6.80. The van der Waals surface area contributed by atoms with Gasteiger partial charge >= 0.3 is 0 Å². The van der Waals surface area contributed by atoms with Crippen LogP contribution in [0.3, 0.4) is 0 Å². The molecule has 0 aliphatic rings. The average molecular weight is 364 g/mol. The number of hydrogen-bond donors (Lipinski definition) is 1. The lowest BCUT2D eigenvalue weighted by atomic mass is 10.0. The minimum absolute atomic E-state index is 0.105. The molecule has 5 nitrogen and oxygen atoms in total. The van der Waals surface area contributed by atoms with E-state index in [0.29, 0.717) is 6.54 Å². The summed E-state index contributed by atoms with van der Waals surface area (Å²) in [5.74, 6) is -0.182. The molecule has 0 aliphatic heterocycles. The van der Waals surface area contributed by atoms with E-state index in [0.717, 1.165) is 11.2 Å². The Hall–Kier alpha value is -2.28. The number of hydrogen-bond acceptors (Lipinski definition) is 3. The van der Waals surface area contributed by atoms with Gasteiger partial charge in [-0.1, -0.05) is 44.2 Å². The highest BCUT2D eigenvalue weighted by Gasteiger charge is 2.22. The molecule has 1 unspecified atom stereocenters. The fraction of sp³-hybridized carbons (Fsp3) is 0.474. The molecule has 0 saturated heterocycles. The van der Waals surface area contributed by atoms with Crippen molar-refractivity contribution in [3.63, 3.8) is 0 Å². The van der Waals surface area contributed by atoms with Crippen LogP contribution in [-0.2, 0) is 13.1 Å². The Kier molecular flexibility index (Phi) is 7.26. The second kappa shape index (κ2) is 9.43. The lowest BCUT2D eigenvalue weighted by Gasteiger charge is -2.28. The van der Waals surface area contributed by atoms with Gasteiger partial charge in [0, 0.05) is 25.3 Å². The minimum atomic E-state index is -2.56. The van der Waals surface area contributed by atoms with E-state index in [4.69, 9.17) is 0 Å². The Bertz CT molecular complexity index is 688. The lowest BCUT2D eigenvalue weighted by Crippen LogP contribution is -2.46. The Morgan fingerprint density at radius 3 is 2.54 bits per heavy atom. The van der Waals surface area contributed by atoms with E-state index in [2.05, 4.69) is 27.4 Å². The molecule has 2 rings (SSSR count). The molecular formula is C19H26F2N4O. The first-order chi connectivity index (χ1) is 12.4. The number of aromatic nitrogens is 2. The van der Waals surface area contributed by atoms with Crippen LogP contribution in [0.5, 0.6) is 0 Å². The molecule has 26 heavy (non-hydrogen) atoms. The number of benzene rings is 1. The summed E-state index contributed by atoms with van der Waals surface area (Å²) in [6, 6.07) is 11.4. The largest absolute Gasteiger partial charge is 0.346 e. The Labute approximate surface area is 153 Å². The normalized spacial score (nSPS) is 12.8. The van der Waals surface area contributed by atoms with Gasteiger partial charge in [-0.15, -0.1) is 0 Å². The number of nitrogens with zero attached hydrogens (tertiary/aromatic N) is 3. The summed E-state index contributed by atoms with van der Waals surface area (Å²) in [5.41, 5.74) is 1.35. The fourth-order valence-electron chi connectivity index (χ4n) is 2.76. The number of halogens is 2. The lowest BCUT2D eigenvalue weighted by molar-refractivity contribution is 0.0884. The Morgan fingerprint density at radius 1 is 1.23 bits per heavy atom. The topological polar surface area (TPSA) is 50.2 Å². The van der Waals surface area contributed by atoms with Gasteiger partial charge in [-0.3, -0.25) is 9.48 Å². The first-order valence-corrected chi connectivity index (χ1v) is 8.70. The van der Waals surface area contributed by atoms with E-state index in [-0.39, 0.29) is 23.6 Å². The molecule has 1 aromatic heterocycles. The highest BCUT2D eigenvalue weighted by atomic mass is 19.3.